The molecule has 1 aromatic rings. The summed E-state index contributed by atoms with van der Waals surface area (Å²) in [6.45, 7) is 5.52. The second-order valence-electron chi connectivity index (χ2n) is 5.91. The number of piperidine rings is 3. The number of ether oxygens (including phenoxy) is 1. The Balaban J connectivity index is 1.46. The Morgan fingerprint density at radius 1 is 1.30 bits per heavy atom. The Morgan fingerprint density at radius 3 is 2.60 bits per heavy atom. The third kappa shape index (κ3) is 3.12. The number of hydrogen-bond donors (Lipinski definition) is 1. The Bertz CT molecular complexity index is 464. The van der Waals surface area contributed by atoms with Gasteiger partial charge in [-0.15, -0.1) is 0 Å². The van der Waals surface area contributed by atoms with Gasteiger partial charge in [-0.25, -0.2) is 0 Å². The van der Waals surface area contributed by atoms with E-state index in [-0.39, 0.29) is 12.5 Å². The molecule has 3 fully saturated rings. The largest absolute Gasteiger partial charge is 0.484 e. The Kier molecular flexibility index (Phi) is 3.92. The van der Waals surface area contributed by atoms with Crippen molar-refractivity contribution in [2.75, 3.05) is 26.2 Å². The van der Waals surface area contributed by atoms with E-state index in [0.29, 0.717) is 12.0 Å². The number of nitrogens with zero attached hydrogens (tertiary/aromatic N) is 1. The van der Waals surface area contributed by atoms with Crippen LogP contribution in [0.25, 0.3) is 0 Å². The van der Waals surface area contributed by atoms with Crippen molar-refractivity contribution in [1.29, 1.82) is 0 Å². The molecular formula is C16H22N2O2. The average Bonchev–Trinajstić information content (AvgIpc) is 2.48. The molecule has 4 nitrogen and oxygen atoms in total. The van der Waals surface area contributed by atoms with Crippen molar-refractivity contribution < 1.29 is 9.53 Å². The molecule has 2 bridgehead atoms. The van der Waals surface area contributed by atoms with Gasteiger partial charge in [-0.1, -0.05) is 17.7 Å². The van der Waals surface area contributed by atoms with E-state index in [0.717, 1.165) is 12.3 Å². The highest BCUT2D eigenvalue weighted by molar-refractivity contribution is 5.77. The van der Waals surface area contributed by atoms with E-state index < -0.39 is 0 Å². The van der Waals surface area contributed by atoms with Crippen molar-refractivity contribution in [2.24, 2.45) is 5.92 Å². The summed E-state index contributed by atoms with van der Waals surface area (Å²) in [5.41, 5.74) is 1.19. The molecule has 4 heteroatoms. The van der Waals surface area contributed by atoms with E-state index in [1.54, 1.807) is 0 Å². The standard InChI is InChI=1S/C16H22N2O2/c1-12-2-4-14(5-3-12)20-11-16(19)17-15-10-18-8-6-13(15)7-9-18/h2-5,13,15H,6-11H2,1H3,(H,17,19). The lowest BCUT2D eigenvalue weighted by Crippen LogP contribution is -2.57. The normalized spacial score (nSPS) is 28.1. The van der Waals surface area contributed by atoms with Crippen LogP contribution in [0.15, 0.2) is 24.3 Å². The smallest absolute Gasteiger partial charge is 0.258 e. The van der Waals surface area contributed by atoms with Crippen LogP contribution in [0.2, 0.25) is 0 Å². The molecule has 1 unspecified atom stereocenters. The number of amides is 1. The summed E-state index contributed by atoms with van der Waals surface area (Å²) in [6, 6.07) is 8.08. The van der Waals surface area contributed by atoms with Gasteiger partial charge in [0.15, 0.2) is 6.61 Å². The topological polar surface area (TPSA) is 41.6 Å². The zero-order valence-electron chi connectivity index (χ0n) is 12.0. The van der Waals surface area contributed by atoms with Crippen molar-refractivity contribution in [1.82, 2.24) is 10.2 Å². The molecule has 1 N–H and O–H groups in total. The Hall–Kier alpha value is -1.55. The van der Waals surface area contributed by atoms with Crippen LogP contribution < -0.4 is 10.1 Å². The molecule has 1 aromatic carbocycles. The van der Waals surface area contributed by atoms with Crippen molar-refractivity contribution in [3.05, 3.63) is 29.8 Å². The third-order valence-corrected chi connectivity index (χ3v) is 4.39. The molecular weight excluding hydrogens is 252 g/mol. The molecule has 4 rings (SSSR count). The first-order valence-corrected chi connectivity index (χ1v) is 7.42. The highest BCUT2D eigenvalue weighted by Gasteiger charge is 2.34. The van der Waals surface area contributed by atoms with Crippen LogP contribution in [0, 0.1) is 12.8 Å². The fourth-order valence-electron chi connectivity index (χ4n) is 3.16. The summed E-state index contributed by atoms with van der Waals surface area (Å²) >= 11 is 0. The molecule has 3 aliphatic heterocycles. The predicted octanol–water partition coefficient (Wildman–Crippen LogP) is 1.58. The monoisotopic (exact) mass is 274 g/mol. The number of rotatable bonds is 4. The minimum atomic E-state index is -0.00988. The fourth-order valence-corrected chi connectivity index (χ4v) is 3.16. The molecule has 108 valence electrons. The van der Waals surface area contributed by atoms with Crippen LogP contribution in [0.5, 0.6) is 5.75 Å². The van der Waals surface area contributed by atoms with Gasteiger partial charge in [0.2, 0.25) is 0 Å². The van der Waals surface area contributed by atoms with Crippen LogP contribution in [-0.2, 0) is 4.79 Å². The first-order chi connectivity index (χ1) is 9.70. The van der Waals surface area contributed by atoms with Gasteiger partial charge in [0, 0.05) is 12.6 Å². The summed E-state index contributed by atoms with van der Waals surface area (Å²) in [5.74, 6) is 1.40. The van der Waals surface area contributed by atoms with Crippen LogP contribution >= 0.6 is 0 Å². The summed E-state index contributed by atoms with van der Waals surface area (Å²) in [7, 11) is 0. The molecule has 0 saturated carbocycles. The lowest BCUT2D eigenvalue weighted by atomic mass is 9.84. The van der Waals surface area contributed by atoms with E-state index in [1.165, 1.54) is 31.5 Å². The quantitative estimate of drug-likeness (QED) is 0.906. The number of benzene rings is 1. The van der Waals surface area contributed by atoms with Crippen molar-refractivity contribution in [3.63, 3.8) is 0 Å². The van der Waals surface area contributed by atoms with Crippen LogP contribution in [-0.4, -0.2) is 43.1 Å². The van der Waals surface area contributed by atoms with Crippen LogP contribution in [0.3, 0.4) is 0 Å². The maximum absolute atomic E-state index is 12.0. The maximum Gasteiger partial charge on any atom is 0.258 e. The van der Waals surface area contributed by atoms with Gasteiger partial charge in [0.25, 0.3) is 5.91 Å². The number of nitrogens with one attached hydrogen (secondary N) is 1. The predicted molar refractivity (Wildman–Crippen MR) is 77.8 cm³/mol. The molecule has 3 saturated heterocycles. The minimum absolute atomic E-state index is 0.00988. The third-order valence-electron chi connectivity index (χ3n) is 4.39. The molecule has 3 heterocycles. The highest BCUT2D eigenvalue weighted by atomic mass is 16.5. The Labute approximate surface area is 120 Å². The maximum atomic E-state index is 12.0. The molecule has 20 heavy (non-hydrogen) atoms. The molecule has 0 radical (unpaired) electrons. The second-order valence-corrected chi connectivity index (χ2v) is 5.91. The lowest BCUT2D eigenvalue weighted by Gasteiger charge is -2.44. The number of hydrogen-bond acceptors (Lipinski definition) is 3. The molecule has 1 atom stereocenters. The van der Waals surface area contributed by atoms with Gasteiger partial charge in [0.1, 0.15) is 5.75 Å². The Morgan fingerprint density at radius 2 is 2.00 bits per heavy atom. The van der Waals surface area contributed by atoms with Crippen LogP contribution in [0.4, 0.5) is 0 Å². The SMILES string of the molecule is Cc1ccc(OCC(=O)NC2CN3CCC2CC3)cc1. The van der Waals surface area contributed by atoms with Gasteiger partial charge in [-0.2, -0.15) is 0 Å². The zero-order chi connectivity index (χ0) is 13.9. The van der Waals surface area contributed by atoms with E-state index in [1.807, 2.05) is 31.2 Å². The number of carbonyl (C=O) groups is 1. The van der Waals surface area contributed by atoms with Gasteiger partial charge < -0.3 is 15.0 Å². The first-order valence-electron chi connectivity index (χ1n) is 7.42. The van der Waals surface area contributed by atoms with Gasteiger partial charge in [-0.05, 0) is 50.9 Å². The van der Waals surface area contributed by atoms with Crippen molar-refractivity contribution >= 4 is 5.91 Å². The summed E-state index contributed by atoms with van der Waals surface area (Å²) in [4.78, 5) is 14.4. The van der Waals surface area contributed by atoms with E-state index in [4.69, 9.17) is 4.74 Å². The average molecular weight is 274 g/mol. The van der Waals surface area contributed by atoms with Crippen LogP contribution in [0.1, 0.15) is 18.4 Å². The van der Waals surface area contributed by atoms with Gasteiger partial charge in [0.05, 0.1) is 0 Å². The first kappa shape index (κ1) is 13.4. The molecule has 1 amide bonds. The van der Waals surface area contributed by atoms with E-state index in [9.17, 15) is 4.79 Å². The fraction of sp³-hybridized carbons (Fsp3) is 0.562. The molecule has 0 aromatic heterocycles. The van der Waals surface area contributed by atoms with E-state index in [2.05, 4.69) is 10.2 Å². The number of carbonyl (C=O) groups excluding carboxylic acids is 1. The summed E-state index contributed by atoms with van der Waals surface area (Å²) in [5, 5.41) is 3.13. The number of aryl methyl sites for hydroxylation is 1. The minimum Gasteiger partial charge on any atom is -0.484 e. The van der Waals surface area contributed by atoms with Gasteiger partial charge >= 0.3 is 0 Å². The van der Waals surface area contributed by atoms with Crippen molar-refractivity contribution in [3.8, 4) is 5.75 Å². The summed E-state index contributed by atoms with van der Waals surface area (Å²) < 4.78 is 5.52. The summed E-state index contributed by atoms with van der Waals surface area (Å²) in [6.07, 6.45) is 2.42. The molecule has 0 aliphatic carbocycles. The van der Waals surface area contributed by atoms with Crippen molar-refractivity contribution in [2.45, 2.75) is 25.8 Å². The lowest BCUT2D eigenvalue weighted by molar-refractivity contribution is -0.125. The van der Waals surface area contributed by atoms with E-state index >= 15 is 0 Å². The second kappa shape index (κ2) is 5.83. The molecule has 0 spiro atoms. The van der Waals surface area contributed by atoms with Gasteiger partial charge in [-0.3, -0.25) is 4.79 Å². The highest BCUT2D eigenvalue weighted by Crippen LogP contribution is 2.27. The zero-order valence-corrected chi connectivity index (χ0v) is 12.0. The number of fused-ring (bicyclic) bond motifs is 3. The molecule has 3 aliphatic rings.